The van der Waals surface area contributed by atoms with Crippen molar-refractivity contribution in [3.8, 4) is 5.88 Å². The van der Waals surface area contributed by atoms with Gasteiger partial charge in [-0.25, -0.2) is 4.98 Å². The van der Waals surface area contributed by atoms with Gasteiger partial charge in [-0.05, 0) is 18.9 Å². The van der Waals surface area contributed by atoms with Crippen molar-refractivity contribution in [3.05, 3.63) is 23.9 Å². The molecule has 0 bridgehead atoms. The number of hydrogen-bond donors (Lipinski definition) is 0. The van der Waals surface area contributed by atoms with Gasteiger partial charge in [-0.3, -0.25) is 4.79 Å². The predicted molar refractivity (Wildman–Crippen MR) is 76.5 cm³/mol. The summed E-state index contributed by atoms with van der Waals surface area (Å²) in [5.41, 5.74) is -1.30. The zero-order chi connectivity index (χ0) is 16.8. The summed E-state index contributed by atoms with van der Waals surface area (Å²) in [5.74, 6) is 0.112. The molecule has 0 aliphatic carbocycles. The third kappa shape index (κ3) is 4.35. The highest BCUT2D eigenvalue weighted by Crippen LogP contribution is 2.30. The van der Waals surface area contributed by atoms with Gasteiger partial charge in [0.25, 0.3) is 0 Å². The Morgan fingerprint density at radius 3 is 2.41 bits per heavy atom. The van der Waals surface area contributed by atoms with Crippen LogP contribution in [0.2, 0.25) is 0 Å². The first-order valence-electron chi connectivity index (χ1n) is 7.13. The molecule has 0 fully saturated rings. The molecule has 1 aromatic heterocycles. The molecular formula is C15H21F3N2O2. The lowest BCUT2D eigenvalue weighted by molar-refractivity contribution is -0.138. The lowest BCUT2D eigenvalue weighted by atomic mass is 9.90. The number of rotatable bonds is 8. The van der Waals surface area contributed by atoms with Crippen molar-refractivity contribution in [2.24, 2.45) is 0 Å². The molecule has 1 heterocycles. The van der Waals surface area contributed by atoms with Crippen molar-refractivity contribution in [2.45, 2.75) is 44.8 Å². The SMILES string of the molecule is CCCC(CC)(COc1ccc(C(F)(F)F)cn1)N(C)C=O. The van der Waals surface area contributed by atoms with E-state index in [0.717, 1.165) is 31.5 Å². The molecule has 1 amide bonds. The Morgan fingerprint density at radius 1 is 1.32 bits per heavy atom. The van der Waals surface area contributed by atoms with Crippen LogP contribution in [0.15, 0.2) is 18.3 Å². The molecule has 0 radical (unpaired) electrons. The van der Waals surface area contributed by atoms with E-state index in [0.29, 0.717) is 6.42 Å². The fourth-order valence-electron chi connectivity index (χ4n) is 2.30. The summed E-state index contributed by atoms with van der Waals surface area (Å²) in [6, 6.07) is 2.12. The van der Waals surface area contributed by atoms with Gasteiger partial charge < -0.3 is 9.64 Å². The van der Waals surface area contributed by atoms with Crippen molar-refractivity contribution >= 4 is 6.41 Å². The first-order chi connectivity index (χ1) is 10.3. The monoisotopic (exact) mass is 318 g/mol. The maximum absolute atomic E-state index is 12.5. The molecule has 1 aromatic rings. The van der Waals surface area contributed by atoms with Crippen LogP contribution in [-0.4, -0.2) is 35.5 Å². The summed E-state index contributed by atoms with van der Waals surface area (Å²) in [4.78, 5) is 16.3. The second-order valence-electron chi connectivity index (χ2n) is 5.22. The largest absolute Gasteiger partial charge is 0.475 e. The fourth-order valence-corrected chi connectivity index (χ4v) is 2.30. The number of aromatic nitrogens is 1. The average Bonchev–Trinajstić information content (AvgIpc) is 2.50. The molecule has 0 aliphatic heterocycles. The predicted octanol–water partition coefficient (Wildman–Crippen LogP) is 3.52. The van der Waals surface area contributed by atoms with Crippen molar-refractivity contribution in [1.82, 2.24) is 9.88 Å². The molecule has 1 atom stereocenters. The number of hydrogen-bond acceptors (Lipinski definition) is 3. The van der Waals surface area contributed by atoms with Gasteiger partial charge in [-0.2, -0.15) is 13.2 Å². The standard InChI is InChI=1S/C15H21F3N2O2/c1-4-8-14(5-2,20(3)11-21)10-22-13-7-6-12(9-19-13)15(16,17)18/h6-7,9,11H,4-5,8,10H2,1-3H3. The summed E-state index contributed by atoms with van der Waals surface area (Å²) in [6.45, 7) is 4.13. The van der Waals surface area contributed by atoms with Gasteiger partial charge in [0, 0.05) is 19.3 Å². The zero-order valence-electron chi connectivity index (χ0n) is 13.0. The Hall–Kier alpha value is -1.79. The third-order valence-corrected chi connectivity index (χ3v) is 3.83. The minimum Gasteiger partial charge on any atom is -0.475 e. The Bertz CT molecular complexity index is 477. The smallest absolute Gasteiger partial charge is 0.417 e. The van der Waals surface area contributed by atoms with Crippen molar-refractivity contribution in [3.63, 3.8) is 0 Å². The van der Waals surface area contributed by atoms with Gasteiger partial charge >= 0.3 is 6.18 Å². The van der Waals surface area contributed by atoms with Gasteiger partial charge in [0.2, 0.25) is 12.3 Å². The van der Waals surface area contributed by atoms with E-state index in [1.807, 2.05) is 13.8 Å². The summed E-state index contributed by atoms with van der Waals surface area (Å²) >= 11 is 0. The summed E-state index contributed by atoms with van der Waals surface area (Å²) in [7, 11) is 1.68. The van der Waals surface area contributed by atoms with Gasteiger partial charge in [-0.1, -0.05) is 20.3 Å². The van der Waals surface area contributed by atoms with Crippen molar-refractivity contribution in [2.75, 3.05) is 13.7 Å². The van der Waals surface area contributed by atoms with E-state index in [1.165, 1.54) is 6.07 Å². The van der Waals surface area contributed by atoms with Crippen LogP contribution in [0.25, 0.3) is 0 Å². The number of pyridine rings is 1. The number of carbonyl (C=O) groups excluding carboxylic acids is 1. The fraction of sp³-hybridized carbons (Fsp3) is 0.600. The first kappa shape index (κ1) is 18.3. The number of likely N-dealkylation sites (N-methyl/N-ethyl adjacent to an activating group) is 1. The number of carbonyl (C=O) groups is 1. The third-order valence-electron chi connectivity index (χ3n) is 3.83. The van der Waals surface area contributed by atoms with Crippen LogP contribution >= 0.6 is 0 Å². The van der Waals surface area contributed by atoms with Gasteiger partial charge in [0.15, 0.2) is 0 Å². The number of nitrogens with zero attached hydrogens (tertiary/aromatic N) is 2. The van der Waals surface area contributed by atoms with Crippen molar-refractivity contribution in [1.29, 1.82) is 0 Å². The van der Waals surface area contributed by atoms with E-state index in [-0.39, 0.29) is 12.5 Å². The van der Waals surface area contributed by atoms with E-state index in [1.54, 1.807) is 11.9 Å². The lowest BCUT2D eigenvalue weighted by Gasteiger charge is -2.38. The Morgan fingerprint density at radius 2 is 2.00 bits per heavy atom. The Balaban J connectivity index is 2.82. The molecule has 1 unspecified atom stereocenters. The van der Waals surface area contributed by atoms with E-state index >= 15 is 0 Å². The van der Waals surface area contributed by atoms with Gasteiger partial charge in [0.1, 0.15) is 6.61 Å². The number of ether oxygens (including phenoxy) is 1. The first-order valence-corrected chi connectivity index (χ1v) is 7.13. The Kier molecular flexibility index (Phi) is 6.20. The maximum atomic E-state index is 12.5. The minimum atomic E-state index is -4.42. The van der Waals surface area contributed by atoms with Gasteiger partial charge in [-0.15, -0.1) is 0 Å². The second kappa shape index (κ2) is 7.47. The zero-order valence-corrected chi connectivity index (χ0v) is 13.0. The molecule has 0 spiro atoms. The number of halogens is 3. The van der Waals surface area contributed by atoms with Crippen LogP contribution in [0.4, 0.5) is 13.2 Å². The topological polar surface area (TPSA) is 42.4 Å². The molecule has 124 valence electrons. The summed E-state index contributed by atoms with van der Waals surface area (Å²) < 4.78 is 43.0. The highest BCUT2D eigenvalue weighted by Gasteiger charge is 2.33. The molecule has 0 saturated carbocycles. The molecule has 1 rings (SSSR count). The van der Waals surface area contributed by atoms with Gasteiger partial charge in [0.05, 0.1) is 11.1 Å². The molecule has 0 aromatic carbocycles. The lowest BCUT2D eigenvalue weighted by Crippen LogP contribution is -2.50. The molecule has 0 N–H and O–H groups in total. The highest BCUT2D eigenvalue weighted by molar-refractivity contribution is 5.48. The van der Waals surface area contributed by atoms with Crippen LogP contribution in [-0.2, 0) is 11.0 Å². The molecule has 22 heavy (non-hydrogen) atoms. The van der Waals surface area contributed by atoms with Crippen LogP contribution in [0.1, 0.15) is 38.7 Å². The quantitative estimate of drug-likeness (QED) is 0.689. The minimum absolute atomic E-state index is 0.112. The molecule has 0 aliphatic rings. The second-order valence-corrected chi connectivity index (χ2v) is 5.22. The van der Waals surface area contributed by atoms with Crippen LogP contribution < -0.4 is 4.74 Å². The van der Waals surface area contributed by atoms with E-state index < -0.39 is 17.3 Å². The molecule has 7 heteroatoms. The maximum Gasteiger partial charge on any atom is 0.417 e. The number of alkyl halides is 3. The van der Waals surface area contributed by atoms with Crippen LogP contribution in [0, 0.1) is 0 Å². The normalized spacial score (nSPS) is 14.3. The van der Waals surface area contributed by atoms with E-state index in [2.05, 4.69) is 4.98 Å². The summed E-state index contributed by atoms with van der Waals surface area (Å²) in [6.07, 6.45) is -0.667. The highest BCUT2D eigenvalue weighted by atomic mass is 19.4. The molecule has 4 nitrogen and oxygen atoms in total. The average molecular weight is 318 g/mol. The van der Waals surface area contributed by atoms with Crippen LogP contribution in [0.5, 0.6) is 5.88 Å². The van der Waals surface area contributed by atoms with E-state index in [4.69, 9.17) is 4.74 Å². The summed E-state index contributed by atoms with van der Waals surface area (Å²) in [5, 5.41) is 0. The molecular weight excluding hydrogens is 297 g/mol. The van der Waals surface area contributed by atoms with Crippen LogP contribution in [0.3, 0.4) is 0 Å². The Labute approximate surface area is 128 Å². The van der Waals surface area contributed by atoms with Crippen molar-refractivity contribution < 1.29 is 22.7 Å². The number of amides is 1. The molecule has 0 saturated heterocycles. The van der Waals surface area contributed by atoms with E-state index in [9.17, 15) is 18.0 Å².